The van der Waals surface area contributed by atoms with Crippen LogP contribution in [0.25, 0.3) is 0 Å². The van der Waals surface area contributed by atoms with E-state index in [-0.39, 0.29) is 16.1 Å². The number of rotatable bonds is 4. The normalized spacial score (nSPS) is 11.6. The van der Waals surface area contributed by atoms with Crippen LogP contribution in [0, 0.1) is 13.8 Å². The second-order valence-electron chi connectivity index (χ2n) is 4.88. The molecule has 0 amide bonds. The van der Waals surface area contributed by atoms with Crippen LogP contribution in [0.3, 0.4) is 0 Å². The van der Waals surface area contributed by atoms with Crippen molar-refractivity contribution in [2.45, 2.75) is 18.1 Å². The predicted octanol–water partition coefficient (Wildman–Crippen LogP) is 2.57. The van der Waals surface area contributed by atoms with Gasteiger partial charge in [-0.2, -0.15) is 13.4 Å². The van der Waals surface area contributed by atoms with E-state index >= 15 is 0 Å². The Bertz CT molecular complexity index is 994. The van der Waals surface area contributed by atoms with Crippen LogP contribution in [0.2, 0.25) is 5.02 Å². The first kappa shape index (κ1) is 16.7. The maximum absolute atomic E-state index is 12.7. The molecular formula is C13H13ClN6O2S2. The van der Waals surface area contributed by atoms with Gasteiger partial charge in [-0.25, -0.2) is 4.98 Å². The van der Waals surface area contributed by atoms with Gasteiger partial charge in [0.05, 0.1) is 10.7 Å². The summed E-state index contributed by atoms with van der Waals surface area (Å²) in [6.07, 6.45) is 0. The second kappa shape index (κ2) is 6.04. The summed E-state index contributed by atoms with van der Waals surface area (Å²) in [5.41, 5.74) is 6.79. The van der Waals surface area contributed by atoms with Crippen molar-refractivity contribution in [2.75, 3.05) is 11.1 Å². The Balaban J connectivity index is 1.96. The summed E-state index contributed by atoms with van der Waals surface area (Å²) in [6.45, 7) is 3.35. The van der Waals surface area contributed by atoms with Gasteiger partial charge in [-0.3, -0.25) is 0 Å². The number of nitrogens with one attached hydrogen (secondary N) is 1. The Kier molecular flexibility index (Phi) is 4.20. The van der Waals surface area contributed by atoms with Crippen molar-refractivity contribution in [1.82, 2.24) is 19.2 Å². The van der Waals surface area contributed by atoms with Crippen molar-refractivity contribution in [3.05, 3.63) is 40.0 Å². The van der Waals surface area contributed by atoms with Crippen molar-refractivity contribution in [2.24, 2.45) is 0 Å². The lowest BCUT2D eigenvalue weighted by molar-refractivity contribution is 0.582. The van der Waals surface area contributed by atoms with E-state index in [1.165, 1.54) is 0 Å². The van der Waals surface area contributed by atoms with Crippen LogP contribution < -0.4 is 11.1 Å². The van der Waals surface area contributed by atoms with E-state index in [0.29, 0.717) is 25.5 Å². The van der Waals surface area contributed by atoms with E-state index in [4.69, 9.17) is 17.3 Å². The highest BCUT2D eigenvalue weighted by Gasteiger charge is 2.27. The van der Waals surface area contributed by atoms with E-state index in [9.17, 15) is 8.42 Å². The van der Waals surface area contributed by atoms with E-state index in [1.807, 2.05) is 0 Å². The molecule has 0 unspecified atom stereocenters. The average molecular weight is 385 g/mol. The number of nitrogens with zero attached hydrogens (tertiary/aromatic N) is 4. The fraction of sp³-hybridized carbons (Fsp3) is 0.154. The number of aromatic nitrogens is 4. The lowest BCUT2D eigenvalue weighted by Crippen LogP contribution is -2.17. The molecule has 0 aliphatic rings. The first-order valence-electron chi connectivity index (χ1n) is 6.72. The van der Waals surface area contributed by atoms with Gasteiger partial charge in [0.15, 0.2) is 4.21 Å². The third kappa shape index (κ3) is 3.07. The molecule has 11 heteroatoms. The van der Waals surface area contributed by atoms with Gasteiger partial charge in [-0.1, -0.05) is 11.6 Å². The molecule has 0 radical (unpaired) electrons. The first-order chi connectivity index (χ1) is 11.3. The molecule has 24 heavy (non-hydrogen) atoms. The molecule has 3 rings (SSSR count). The van der Waals surface area contributed by atoms with E-state index < -0.39 is 10.0 Å². The Morgan fingerprint density at radius 1 is 1.21 bits per heavy atom. The quantitative estimate of drug-likeness (QED) is 0.709. The standard InChI is InChI=1S/C13H13ClN6O2S2/c1-7-11(23-8(2)16-7)24(21,22)20-12(15)18-13(19-20)17-10-5-3-9(14)4-6-10/h3-6H,1-2H3,(H3,15,17,18,19). The molecule has 0 fully saturated rings. The summed E-state index contributed by atoms with van der Waals surface area (Å²) in [7, 11) is -3.94. The zero-order valence-corrected chi connectivity index (χ0v) is 15.1. The van der Waals surface area contributed by atoms with E-state index in [1.54, 1.807) is 38.1 Å². The van der Waals surface area contributed by atoms with Gasteiger partial charge < -0.3 is 11.1 Å². The number of nitrogen functional groups attached to an aromatic ring is 1. The minimum Gasteiger partial charge on any atom is -0.367 e. The SMILES string of the molecule is Cc1nc(C)c(S(=O)(=O)n2nc(Nc3ccc(Cl)cc3)nc2N)s1. The summed E-state index contributed by atoms with van der Waals surface area (Å²) in [4.78, 5) is 8.07. The van der Waals surface area contributed by atoms with Gasteiger partial charge in [0, 0.05) is 10.7 Å². The molecule has 8 nitrogen and oxygen atoms in total. The Hall–Kier alpha value is -2.17. The van der Waals surface area contributed by atoms with E-state index in [0.717, 1.165) is 11.3 Å². The van der Waals surface area contributed by atoms with E-state index in [2.05, 4.69) is 20.4 Å². The summed E-state index contributed by atoms with van der Waals surface area (Å²) >= 11 is 6.88. The van der Waals surface area contributed by atoms with Crippen molar-refractivity contribution in [1.29, 1.82) is 0 Å². The van der Waals surface area contributed by atoms with Crippen LogP contribution >= 0.6 is 22.9 Å². The van der Waals surface area contributed by atoms with Crippen LogP contribution in [-0.4, -0.2) is 27.6 Å². The number of thiazole rings is 1. The molecule has 2 heterocycles. The maximum Gasteiger partial charge on any atom is 0.297 e. The monoisotopic (exact) mass is 384 g/mol. The Labute approximate surface area is 147 Å². The average Bonchev–Trinajstić information content (AvgIpc) is 3.04. The minimum absolute atomic E-state index is 0.0669. The van der Waals surface area contributed by atoms with Gasteiger partial charge >= 0.3 is 0 Å². The summed E-state index contributed by atoms with van der Waals surface area (Å²) in [5, 5.41) is 8.05. The number of anilines is 3. The van der Waals surface area contributed by atoms with Crippen molar-refractivity contribution in [3.8, 4) is 0 Å². The molecule has 0 saturated carbocycles. The molecule has 3 aromatic rings. The molecule has 0 saturated heterocycles. The molecule has 0 spiro atoms. The Morgan fingerprint density at radius 3 is 2.46 bits per heavy atom. The zero-order chi connectivity index (χ0) is 17.5. The zero-order valence-electron chi connectivity index (χ0n) is 12.7. The number of hydrogen-bond donors (Lipinski definition) is 2. The summed E-state index contributed by atoms with van der Waals surface area (Å²) in [6, 6.07) is 6.80. The van der Waals surface area contributed by atoms with Crippen LogP contribution in [0.1, 0.15) is 10.7 Å². The van der Waals surface area contributed by atoms with Gasteiger partial charge in [0.1, 0.15) is 0 Å². The molecule has 2 aromatic heterocycles. The smallest absolute Gasteiger partial charge is 0.297 e. The minimum atomic E-state index is -3.94. The molecule has 3 N–H and O–H groups in total. The summed E-state index contributed by atoms with van der Waals surface area (Å²) in [5.74, 6) is -0.172. The molecular weight excluding hydrogens is 372 g/mol. The fourth-order valence-corrected chi connectivity index (χ4v) is 4.85. The molecule has 0 aliphatic carbocycles. The lowest BCUT2D eigenvalue weighted by Gasteiger charge is -2.03. The largest absolute Gasteiger partial charge is 0.367 e. The first-order valence-corrected chi connectivity index (χ1v) is 9.35. The van der Waals surface area contributed by atoms with Gasteiger partial charge in [-0.15, -0.1) is 20.5 Å². The third-order valence-corrected chi connectivity index (χ3v) is 6.51. The highest BCUT2D eigenvalue weighted by atomic mass is 35.5. The summed E-state index contributed by atoms with van der Waals surface area (Å²) < 4.78 is 26.2. The van der Waals surface area contributed by atoms with Gasteiger partial charge in [-0.05, 0) is 38.1 Å². The molecule has 1 aromatic carbocycles. The van der Waals surface area contributed by atoms with Crippen molar-refractivity contribution in [3.63, 3.8) is 0 Å². The number of hydrogen-bond acceptors (Lipinski definition) is 8. The highest BCUT2D eigenvalue weighted by molar-refractivity contribution is 7.92. The Morgan fingerprint density at radius 2 is 1.88 bits per heavy atom. The third-order valence-electron chi connectivity index (χ3n) is 3.03. The fourth-order valence-electron chi connectivity index (χ4n) is 2.03. The second-order valence-corrected chi connectivity index (χ2v) is 8.48. The van der Waals surface area contributed by atoms with Gasteiger partial charge in [0.2, 0.25) is 11.9 Å². The number of nitrogens with two attached hydrogens (primary N) is 1. The number of benzene rings is 1. The molecule has 0 aliphatic heterocycles. The molecule has 126 valence electrons. The van der Waals surface area contributed by atoms with Crippen molar-refractivity contribution >= 4 is 50.5 Å². The van der Waals surface area contributed by atoms with Crippen LogP contribution in [0.4, 0.5) is 17.6 Å². The predicted molar refractivity (Wildman–Crippen MR) is 93.3 cm³/mol. The van der Waals surface area contributed by atoms with Crippen LogP contribution in [0.15, 0.2) is 28.5 Å². The topological polar surface area (TPSA) is 116 Å². The highest BCUT2D eigenvalue weighted by Crippen LogP contribution is 2.27. The lowest BCUT2D eigenvalue weighted by atomic mass is 10.3. The maximum atomic E-state index is 12.7. The van der Waals surface area contributed by atoms with Crippen molar-refractivity contribution < 1.29 is 8.42 Å². The molecule has 0 atom stereocenters. The number of aryl methyl sites for hydroxylation is 2. The number of halogens is 1. The van der Waals surface area contributed by atoms with Crippen LogP contribution in [0.5, 0.6) is 0 Å². The van der Waals surface area contributed by atoms with Crippen LogP contribution in [-0.2, 0) is 10.0 Å². The molecule has 0 bridgehead atoms. The van der Waals surface area contributed by atoms with Gasteiger partial charge in [0.25, 0.3) is 10.0 Å².